The van der Waals surface area contributed by atoms with E-state index in [4.69, 9.17) is 10.5 Å². The van der Waals surface area contributed by atoms with Gasteiger partial charge in [0.15, 0.2) is 0 Å². The van der Waals surface area contributed by atoms with Crippen LogP contribution in [0.4, 0.5) is 0 Å². The minimum Gasteiger partial charge on any atom is -0.378 e. The van der Waals surface area contributed by atoms with Crippen molar-refractivity contribution in [2.45, 2.75) is 12.5 Å². The Morgan fingerprint density at radius 2 is 1.89 bits per heavy atom. The average Bonchev–Trinajstić information content (AvgIpc) is 2.39. The second kappa shape index (κ2) is 5.38. The van der Waals surface area contributed by atoms with Gasteiger partial charge in [0.2, 0.25) is 5.91 Å². The van der Waals surface area contributed by atoms with Gasteiger partial charge >= 0.3 is 0 Å². The molecule has 0 aromatic heterocycles. The lowest BCUT2D eigenvalue weighted by Gasteiger charge is -2.34. The molecule has 0 aliphatic carbocycles. The van der Waals surface area contributed by atoms with Crippen molar-refractivity contribution in [3.63, 3.8) is 0 Å². The average molecular weight is 313 g/mol. The molecule has 0 saturated carbocycles. The Morgan fingerprint density at radius 1 is 1.33 bits per heavy atom. The number of halogens is 1. The number of ether oxygens (including phenoxy) is 1. The first kappa shape index (κ1) is 13.5. The Bertz CT molecular complexity index is 425. The summed E-state index contributed by atoms with van der Waals surface area (Å²) in [6.45, 7) is 4.16. The zero-order valence-corrected chi connectivity index (χ0v) is 11.9. The van der Waals surface area contributed by atoms with E-state index < -0.39 is 5.54 Å². The zero-order valence-electron chi connectivity index (χ0n) is 10.4. The van der Waals surface area contributed by atoms with Crippen LogP contribution < -0.4 is 5.73 Å². The molecule has 1 aliphatic heterocycles. The Balaban J connectivity index is 2.18. The molecule has 1 fully saturated rings. The SMILES string of the molecule is CC(N)(C(=O)N1CCOCC1)c1ccc(Br)cc1. The molecule has 2 rings (SSSR count). The van der Waals surface area contributed by atoms with Crippen molar-refractivity contribution in [3.05, 3.63) is 34.3 Å². The Morgan fingerprint density at radius 3 is 2.44 bits per heavy atom. The third kappa shape index (κ3) is 2.74. The van der Waals surface area contributed by atoms with Gasteiger partial charge in [0.25, 0.3) is 0 Å². The van der Waals surface area contributed by atoms with Crippen LogP contribution in [0.3, 0.4) is 0 Å². The van der Waals surface area contributed by atoms with Crippen molar-refractivity contribution in [2.24, 2.45) is 5.73 Å². The van der Waals surface area contributed by atoms with Gasteiger partial charge < -0.3 is 15.4 Å². The van der Waals surface area contributed by atoms with E-state index in [0.29, 0.717) is 26.3 Å². The molecular formula is C13H17BrN2O2. The van der Waals surface area contributed by atoms with E-state index in [2.05, 4.69) is 15.9 Å². The highest BCUT2D eigenvalue weighted by Gasteiger charge is 2.34. The molecule has 1 heterocycles. The lowest BCUT2D eigenvalue weighted by molar-refractivity contribution is -0.140. The summed E-state index contributed by atoms with van der Waals surface area (Å²) in [5, 5.41) is 0. The van der Waals surface area contributed by atoms with Gasteiger partial charge in [-0.2, -0.15) is 0 Å². The molecule has 1 amide bonds. The summed E-state index contributed by atoms with van der Waals surface area (Å²) in [7, 11) is 0. The molecule has 0 spiro atoms. The van der Waals surface area contributed by atoms with Gasteiger partial charge in [-0.15, -0.1) is 0 Å². The lowest BCUT2D eigenvalue weighted by atomic mass is 9.91. The summed E-state index contributed by atoms with van der Waals surface area (Å²) >= 11 is 3.37. The topological polar surface area (TPSA) is 55.6 Å². The third-order valence-corrected chi connectivity index (χ3v) is 3.72. The maximum absolute atomic E-state index is 12.4. The van der Waals surface area contributed by atoms with Crippen molar-refractivity contribution < 1.29 is 9.53 Å². The zero-order chi connectivity index (χ0) is 13.2. The van der Waals surface area contributed by atoms with Gasteiger partial charge in [0.05, 0.1) is 13.2 Å². The van der Waals surface area contributed by atoms with E-state index in [0.717, 1.165) is 10.0 Å². The summed E-state index contributed by atoms with van der Waals surface area (Å²) in [6, 6.07) is 7.55. The number of hydrogen-bond acceptors (Lipinski definition) is 3. The fourth-order valence-electron chi connectivity index (χ4n) is 2.01. The van der Waals surface area contributed by atoms with Gasteiger partial charge in [-0.25, -0.2) is 0 Å². The highest BCUT2D eigenvalue weighted by atomic mass is 79.9. The number of carbonyl (C=O) groups excluding carboxylic acids is 1. The van der Waals surface area contributed by atoms with Crippen LogP contribution in [0.5, 0.6) is 0 Å². The second-order valence-electron chi connectivity index (χ2n) is 4.61. The van der Waals surface area contributed by atoms with E-state index in [1.165, 1.54) is 0 Å². The first-order valence-corrected chi connectivity index (χ1v) is 6.73. The Kier molecular flexibility index (Phi) is 4.04. The number of rotatable bonds is 2. The number of amides is 1. The van der Waals surface area contributed by atoms with Crippen molar-refractivity contribution in [1.29, 1.82) is 0 Å². The fourth-order valence-corrected chi connectivity index (χ4v) is 2.28. The molecule has 1 aromatic carbocycles. The highest BCUT2D eigenvalue weighted by Crippen LogP contribution is 2.23. The van der Waals surface area contributed by atoms with Crippen molar-refractivity contribution >= 4 is 21.8 Å². The number of benzene rings is 1. The fraction of sp³-hybridized carbons (Fsp3) is 0.462. The number of nitrogens with two attached hydrogens (primary N) is 1. The number of carbonyl (C=O) groups is 1. The van der Waals surface area contributed by atoms with Gasteiger partial charge in [0.1, 0.15) is 5.54 Å². The minimum absolute atomic E-state index is 0.0480. The molecule has 5 heteroatoms. The number of nitrogens with zero attached hydrogens (tertiary/aromatic N) is 1. The van der Waals surface area contributed by atoms with Gasteiger partial charge in [-0.1, -0.05) is 28.1 Å². The monoisotopic (exact) mass is 312 g/mol. The highest BCUT2D eigenvalue weighted by molar-refractivity contribution is 9.10. The summed E-state index contributed by atoms with van der Waals surface area (Å²) in [4.78, 5) is 14.2. The summed E-state index contributed by atoms with van der Waals surface area (Å²) in [5.41, 5.74) is 6.05. The molecular weight excluding hydrogens is 296 g/mol. The largest absolute Gasteiger partial charge is 0.378 e. The normalized spacial score (nSPS) is 19.4. The summed E-state index contributed by atoms with van der Waals surface area (Å²) in [5.74, 6) is -0.0480. The van der Waals surface area contributed by atoms with Gasteiger partial charge in [0, 0.05) is 17.6 Å². The van der Waals surface area contributed by atoms with Crippen LogP contribution in [0, 0.1) is 0 Å². The molecule has 1 aromatic rings. The Labute approximate surface area is 115 Å². The number of morpholine rings is 1. The van der Waals surface area contributed by atoms with Crippen LogP contribution in [0.15, 0.2) is 28.7 Å². The molecule has 98 valence electrons. The minimum atomic E-state index is -0.988. The standard InChI is InChI=1S/C13H17BrN2O2/c1-13(15,10-2-4-11(14)5-3-10)12(17)16-6-8-18-9-7-16/h2-5H,6-9,15H2,1H3. The van der Waals surface area contributed by atoms with Crippen LogP contribution in [-0.2, 0) is 15.1 Å². The van der Waals surface area contributed by atoms with Crippen LogP contribution in [0.2, 0.25) is 0 Å². The maximum Gasteiger partial charge on any atom is 0.247 e. The van der Waals surface area contributed by atoms with E-state index in [1.807, 2.05) is 24.3 Å². The maximum atomic E-state index is 12.4. The van der Waals surface area contributed by atoms with Crippen LogP contribution in [0.25, 0.3) is 0 Å². The second-order valence-corrected chi connectivity index (χ2v) is 5.53. The first-order chi connectivity index (χ1) is 8.51. The molecule has 1 aliphatic rings. The molecule has 4 nitrogen and oxygen atoms in total. The molecule has 1 atom stereocenters. The quantitative estimate of drug-likeness (QED) is 0.900. The summed E-state index contributed by atoms with van der Waals surface area (Å²) in [6.07, 6.45) is 0. The predicted molar refractivity (Wildman–Crippen MR) is 73.1 cm³/mol. The van der Waals surface area contributed by atoms with Gasteiger partial charge in [-0.3, -0.25) is 4.79 Å². The van der Waals surface area contributed by atoms with Crippen LogP contribution in [0.1, 0.15) is 12.5 Å². The molecule has 0 radical (unpaired) electrons. The molecule has 2 N–H and O–H groups in total. The van der Waals surface area contributed by atoms with E-state index in [-0.39, 0.29) is 5.91 Å². The van der Waals surface area contributed by atoms with Crippen molar-refractivity contribution in [1.82, 2.24) is 4.90 Å². The van der Waals surface area contributed by atoms with Crippen LogP contribution in [-0.4, -0.2) is 37.1 Å². The molecule has 1 unspecified atom stereocenters. The van der Waals surface area contributed by atoms with Crippen molar-refractivity contribution in [3.8, 4) is 0 Å². The third-order valence-electron chi connectivity index (χ3n) is 3.19. The smallest absolute Gasteiger partial charge is 0.247 e. The first-order valence-electron chi connectivity index (χ1n) is 5.94. The molecule has 1 saturated heterocycles. The van der Waals surface area contributed by atoms with Gasteiger partial charge in [-0.05, 0) is 24.6 Å². The molecule has 0 bridgehead atoms. The Hall–Kier alpha value is -0.910. The molecule has 18 heavy (non-hydrogen) atoms. The summed E-state index contributed by atoms with van der Waals surface area (Å²) < 4.78 is 6.22. The van der Waals surface area contributed by atoms with Crippen LogP contribution >= 0.6 is 15.9 Å². The van der Waals surface area contributed by atoms with E-state index >= 15 is 0 Å². The lowest BCUT2D eigenvalue weighted by Crippen LogP contribution is -2.53. The number of hydrogen-bond donors (Lipinski definition) is 1. The van der Waals surface area contributed by atoms with Crippen molar-refractivity contribution in [2.75, 3.05) is 26.3 Å². The van der Waals surface area contributed by atoms with E-state index in [9.17, 15) is 4.79 Å². The predicted octanol–water partition coefficient (Wildman–Crippen LogP) is 1.48. The van der Waals surface area contributed by atoms with E-state index in [1.54, 1.807) is 11.8 Å².